The van der Waals surface area contributed by atoms with Crippen molar-refractivity contribution in [2.45, 2.75) is 31.8 Å². The van der Waals surface area contributed by atoms with Gasteiger partial charge in [0.05, 0.1) is 0 Å². The molecule has 1 N–H and O–H groups in total. The molecule has 1 aromatic carbocycles. The Hall–Kier alpha value is -1.67. The molecule has 0 aliphatic heterocycles. The smallest absolute Gasteiger partial charge is 0.0312 e. The summed E-state index contributed by atoms with van der Waals surface area (Å²) >= 11 is 0. The maximum Gasteiger partial charge on any atom is 0.0312 e. The molecule has 0 saturated heterocycles. The molecule has 0 amide bonds. The predicted molar refractivity (Wildman–Crippen MR) is 73.3 cm³/mol. The predicted octanol–water partition coefficient (Wildman–Crippen LogP) is 2.73. The highest BCUT2D eigenvalue weighted by molar-refractivity contribution is 5.30. The first-order valence-corrected chi connectivity index (χ1v) is 6.61. The molecule has 2 heteroatoms. The van der Waals surface area contributed by atoms with Gasteiger partial charge in [0.15, 0.2) is 0 Å². The topological polar surface area (TPSA) is 24.9 Å². The summed E-state index contributed by atoms with van der Waals surface area (Å²) in [5.74, 6) is 0. The van der Waals surface area contributed by atoms with E-state index in [-0.39, 0.29) is 0 Å². The normalized spacial score (nSPS) is 18.3. The van der Waals surface area contributed by atoms with Gasteiger partial charge in [-0.2, -0.15) is 0 Å². The first kappa shape index (κ1) is 11.4. The molecule has 1 aliphatic rings. The maximum atomic E-state index is 4.14. The van der Waals surface area contributed by atoms with E-state index in [4.69, 9.17) is 0 Å². The minimum Gasteiger partial charge on any atom is -0.310 e. The Morgan fingerprint density at radius 2 is 2.00 bits per heavy atom. The van der Waals surface area contributed by atoms with Gasteiger partial charge in [-0.05, 0) is 42.0 Å². The molecule has 1 aliphatic carbocycles. The standard InChI is InChI=1S/C16H18N2/c1-2-6-15-10-16(8-7-14(15)5-1)18-12-13-4-3-9-17-11-13/h1-6,9,11,16,18H,7-8,10,12H2/t16-/m0/s1. The fourth-order valence-corrected chi connectivity index (χ4v) is 2.64. The number of rotatable bonds is 3. The molecule has 18 heavy (non-hydrogen) atoms. The molecule has 1 atom stereocenters. The molecule has 92 valence electrons. The summed E-state index contributed by atoms with van der Waals surface area (Å²) in [7, 11) is 0. The molecule has 2 aromatic rings. The quantitative estimate of drug-likeness (QED) is 0.889. The van der Waals surface area contributed by atoms with Gasteiger partial charge in [-0.3, -0.25) is 4.98 Å². The van der Waals surface area contributed by atoms with Crippen molar-refractivity contribution in [3.63, 3.8) is 0 Å². The summed E-state index contributed by atoms with van der Waals surface area (Å²) in [6.07, 6.45) is 7.33. The lowest BCUT2D eigenvalue weighted by Crippen LogP contribution is -2.34. The van der Waals surface area contributed by atoms with Gasteiger partial charge in [-0.25, -0.2) is 0 Å². The minimum atomic E-state index is 0.597. The number of aromatic nitrogens is 1. The van der Waals surface area contributed by atoms with Gasteiger partial charge < -0.3 is 5.32 Å². The summed E-state index contributed by atoms with van der Waals surface area (Å²) in [5, 5.41) is 3.64. The Morgan fingerprint density at radius 3 is 2.83 bits per heavy atom. The summed E-state index contributed by atoms with van der Waals surface area (Å²) in [6.45, 7) is 0.917. The van der Waals surface area contributed by atoms with Crippen LogP contribution in [-0.4, -0.2) is 11.0 Å². The van der Waals surface area contributed by atoms with Gasteiger partial charge in [0.1, 0.15) is 0 Å². The Labute approximate surface area is 108 Å². The fourth-order valence-electron chi connectivity index (χ4n) is 2.64. The van der Waals surface area contributed by atoms with Crippen LogP contribution in [-0.2, 0) is 19.4 Å². The van der Waals surface area contributed by atoms with Crippen molar-refractivity contribution in [1.82, 2.24) is 10.3 Å². The number of aryl methyl sites for hydroxylation is 1. The highest BCUT2D eigenvalue weighted by atomic mass is 14.9. The van der Waals surface area contributed by atoms with Crippen LogP contribution < -0.4 is 5.32 Å². The van der Waals surface area contributed by atoms with Crippen LogP contribution in [0.5, 0.6) is 0 Å². The monoisotopic (exact) mass is 238 g/mol. The average molecular weight is 238 g/mol. The average Bonchev–Trinajstić information content (AvgIpc) is 2.46. The number of nitrogens with zero attached hydrogens (tertiary/aromatic N) is 1. The highest BCUT2D eigenvalue weighted by Gasteiger charge is 2.17. The van der Waals surface area contributed by atoms with E-state index in [2.05, 4.69) is 40.6 Å². The first-order chi connectivity index (χ1) is 8.92. The van der Waals surface area contributed by atoms with Crippen LogP contribution in [0.2, 0.25) is 0 Å². The zero-order valence-electron chi connectivity index (χ0n) is 10.5. The number of pyridine rings is 1. The molecule has 1 heterocycles. The zero-order valence-corrected chi connectivity index (χ0v) is 10.5. The number of hydrogen-bond donors (Lipinski definition) is 1. The van der Waals surface area contributed by atoms with Crippen LogP contribution in [0.25, 0.3) is 0 Å². The van der Waals surface area contributed by atoms with E-state index in [1.54, 1.807) is 0 Å². The van der Waals surface area contributed by atoms with E-state index in [1.165, 1.54) is 29.5 Å². The lowest BCUT2D eigenvalue weighted by atomic mass is 9.88. The third-order valence-electron chi connectivity index (χ3n) is 3.66. The van der Waals surface area contributed by atoms with E-state index >= 15 is 0 Å². The van der Waals surface area contributed by atoms with Gasteiger partial charge in [0.25, 0.3) is 0 Å². The largest absolute Gasteiger partial charge is 0.310 e. The van der Waals surface area contributed by atoms with Crippen LogP contribution in [0.1, 0.15) is 23.1 Å². The second kappa shape index (κ2) is 5.32. The minimum absolute atomic E-state index is 0.597. The lowest BCUT2D eigenvalue weighted by Gasteiger charge is -2.25. The summed E-state index contributed by atoms with van der Waals surface area (Å²) in [5.41, 5.74) is 4.29. The van der Waals surface area contributed by atoms with E-state index < -0.39 is 0 Å². The van der Waals surface area contributed by atoms with Gasteiger partial charge in [-0.15, -0.1) is 0 Å². The van der Waals surface area contributed by atoms with Crippen molar-refractivity contribution in [3.8, 4) is 0 Å². The second-order valence-corrected chi connectivity index (χ2v) is 4.95. The number of hydrogen-bond acceptors (Lipinski definition) is 2. The maximum absolute atomic E-state index is 4.14. The van der Waals surface area contributed by atoms with Crippen LogP contribution in [0.4, 0.5) is 0 Å². The van der Waals surface area contributed by atoms with Crippen molar-refractivity contribution in [2.75, 3.05) is 0 Å². The number of nitrogens with one attached hydrogen (secondary N) is 1. The van der Waals surface area contributed by atoms with Crippen molar-refractivity contribution < 1.29 is 0 Å². The zero-order chi connectivity index (χ0) is 12.2. The molecule has 0 bridgehead atoms. The molecular weight excluding hydrogens is 220 g/mol. The number of fused-ring (bicyclic) bond motifs is 1. The third-order valence-corrected chi connectivity index (χ3v) is 3.66. The van der Waals surface area contributed by atoms with Crippen LogP contribution in [0.15, 0.2) is 48.8 Å². The molecule has 0 saturated carbocycles. The Morgan fingerprint density at radius 1 is 1.11 bits per heavy atom. The third kappa shape index (κ3) is 2.59. The van der Waals surface area contributed by atoms with Gasteiger partial charge in [-0.1, -0.05) is 30.3 Å². The molecule has 1 aromatic heterocycles. The van der Waals surface area contributed by atoms with Crippen molar-refractivity contribution in [1.29, 1.82) is 0 Å². The molecule has 0 unspecified atom stereocenters. The number of benzene rings is 1. The van der Waals surface area contributed by atoms with Crippen molar-refractivity contribution >= 4 is 0 Å². The van der Waals surface area contributed by atoms with E-state index in [0.717, 1.165) is 13.0 Å². The lowest BCUT2D eigenvalue weighted by molar-refractivity contribution is 0.457. The Kier molecular flexibility index (Phi) is 3.37. The summed E-state index contributed by atoms with van der Waals surface area (Å²) < 4.78 is 0. The SMILES string of the molecule is c1cncc(CN[C@H]2CCc3ccccc3C2)c1. The van der Waals surface area contributed by atoms with E-state index in [9.17, 15) is 0 Å². The van der Waals surface area contributed by atoms with Gasteiger partial charge in [0.2, 0.25) is 0 Å². The van der Waals surface area contributed by atoms with Crippen molar-refractivity contribution in [2.24, 2.45) is 0 Å². The highest BCUT2D eigenvalue weighted by Crippen LogP contribution is 2.21. The second-order valence-electron chi connectivity index (χ2n) is 4.95. The van der Waals surface area contributed by atoms with Crippen LogP contribution in [0.3, 0.4) is 0 Å². The molecular formula is C16H18N2. The van der Waals surface area contributed by atoms with Crippen LogP contribution >= 0.6 is 0 Å². The van der Waals surface area contributed by atoms with Gasteiger partial charge >= 0.3 is 0 Å². The molecule has 0 fully saturated rings. The summed E-state index contributed by atoms with van der Waals surface area (Å²) in [4.78, 5) is 4.14. The Bertz CT molecular complexity index is 508. The molecule has 0 radical (unpaired) electrons. The summed E-state index contributed by atoms with van der Waals surface area (Å²) in [6, 6.07) is 13.5. The van der Waals surface area contributed by atoms with E-state index in [0.29, 0.717) is 6.04 Å². The first-order valence-electron chi connectivity index (χ1n) is 6.61. The molecule has 2 nitrogen and oxygen atoms in total. The van der Waals surface area contributed by atoms with Gasteiger partial charge in [0, 0.05) is 25.0 Å². The Balaban J connectivity index is 1.60. The molecule has 3 rings (SSSR count). The molecule has 0 spiro atoms. The van der Waals surface area contributed by atoms with Crippen LogP contribution in [0, 0.1) is 0 Å². The van der Waals surface area contributed by atoms with E-state index in [1.807, 2.05) is 18.5 Å². The fraction of sp³-hybridized carbons (Fsp3) is 0.312. The van der Waals surface area contributed by atoms with Crippen molar-refractivity contribution in [3.05, 3.63) is 65.5 Å².